The van der Waals surface area contributed by atoms with Crippen molar-refractivity contribution < 1.29 is 4.43 Å². The Morgan fingerprint density at radius 1 is 1.50 bits per heavy atom. The van der Waals surface area contributed by atoms with E-state index in [1.165, 1.54) is 17.4 Å². The van der Waals surface area contributed by atoms with Crippen LogP contribution in [0.5, 0.6) is 0 Å². The van der Waals surface area contributed by atoms with Gasteiger partial charge >= 0.3 is 0 Å². The number of hydrogen-bond acceptors (Lipinski definition) is 1. The van der Waals surface area contributed by atoms with Crippen LogP contribution in [-0.4, -0.2) is 8.32 Å². The Balaban J connectivity index is 2.58. The highest BCUT2D eigenvalue weighted by Crippen LogP contribution is 2.24. The molecule has 0 aromatic carbocycles. The maximum Gasteiger partial charge on any atom is 0.244 e. The molecule has 2 heteroatoms. The van der Waals surface area contributed by atoms with Gasteiger partial charge in [0.15, 0.2) is 0 Å². The molecule has 1 aliphatic carbocycles. The molecule has 0 radical (unpaired) electrons. The van der Waals surface area contributed by atoms with E-state index in [0.717, 1.165) is 6.42 Å². The van der Waals surface area contributed by atoms with Gasteiger partial charge in [-0.3, -0.25) is 0 Å². The maximum atomic E-state index is 6.02. The quantitative estimate of drug-likeness (QED) is 0.607. The summed E-state index contributed by atoms with van der Waals surface area (Å²) in [5.74, 6) is 1.20. The second kappa shape index (κ2) is 3.48. The lowest BCUT2D eigenvalue weighted by molar-refractivity contribution is 0.405. The molecule has 0 aliphatic heterocycles. The highest BCUT2D eigenvalue weighted by Gasteiger charge is 2.23. The van der Waals surface area contributed by atoms with E-state index in [9.17, 15) is 0 Å². The smallest absolute Gasteiger partial charge is 0.244 e. The molecule has 68 valence electrons. The zero-order chi connectivity index (χ0) is 9.19. The first-order valence-electron chi connectivity index (χ1n) is 4.60. The van der Waals surface area contributed by atoms with Crippen molar-refractivity contribution in [3.63, 3.8) is 0 Å². The molecular formula is C10H18OSi. The lowest BCUT2D eigenvalue weighted by Crippen LogP contribution is -2.28. The van der Waals surface area contributed by atoms with Crippen LogP contribution >= 0.6 is 0 Å². The van der Waals surface area contributed by atoms with E-state index in [0.29, 0.717) is 0 Å². The minimum Gasteiger partial charge on any atom is -0.547 e. The van der Waals surface area contributed by atoms with Crippen LogP contribution in [-0.2, 0) is 4.43 Å². The topological polar surface area (TPSA) is 9.23 Å². The van der Waals surface area contributed by atoms with Crippen molar-refractivity contribution in [2.45, 2.75) is 39.4 Å². The highest BCUT2D eigenvalue weighted by atomic mass is 28.4. The Morgan fingerprint density at radius 2 is 2.17 bits per heavy atom. The van der Waals surface area contributed by atoms with Gasteiger partial charge in [0.1, 0.15) is 0 Å². The Kier molecular flexibility index (Phi) is 2.78. The van der Waals surface area contributed by atoms with Gasteiger partial charge in [0.25, 0.3) is 0 Å². The van der Waals surface area contributed by atoms with E-state index in [4.69, 9.17) is 4.43 Å². The molecule has 0 atom stereocenters. The van der Waals surface area contributed by atoms with Gasteiger partial charge in [-0.25, -0.2) is 0 Å². The molecule has 0 fully saturated rings. The monoisotopic (exact) mass is 182 g/mol. The molecule has 12 heavy (non-hydrogen) atoms. The summed E-state index contributed by atoms with van der Waals surface area (Å²) in [5, 5.41) is 0. The minimum absolute atomic E-state index is 1.00. The summed E-state index contributed by atoms with van der Waals surface area (Å²) in [6, 6.07) is 1.18. The molecular weight excluding hydrogens is 164 g/mol. The molecule has 0 N–H and O–H groups in total. The number of rotatable bonds is 3. The second-order valence-corrected chi connectivity index (χ2v) is 8.36. The molecule has 0 unspecified atom stereocenters. The average Bonchev–Trinajstić information content (AvgIpc) is 2.36. The zero-order valence-corrected chi connectivity index (χ0v) is 9.48. The summed E-state index contributed by atoms with van der Waals surface area (Å²) in [5.41, 5.74) is 1.31. The third-order valence-electron chi connectivity index (χ3n) is 2.36. The van der Waals surface area contributed by atoms with E-state index >= 15 is 0 Å². The molecule has 1 aliphatic rings. The van der Waals surface area contributed by atoms with Gasteiger partial charge in [-0.05, 0) is 31.6 Å². The van der Waals surface area contributed by atoms with Gasteiger partial charge in [0.05, 0.1) is 5.76 Å². The lowest BCUT2D eigenvalue weighted by atomic mass is 10.3. The largest absolute Gasteiger partial charge is 0.547 e. The van der Waals surface area contributed by atoms with E-state index in [1.807, 2.05) is 0 Å². The normalized spacial score (nSPS) is 17.3. The Morgan fingerprint density at radius 3 is 2.58 bits per heavy atom. The van der Waals surface area contributed by atoms with E-state index < -0.39 is 8.32 Å². The highest BCUT2D eigenvalue weighted by molar-refractivity contribution is 6.71. The average molecular weight is 182 g/mol. The standard InChI is InChI=1S/C10H18OSi/c1-5-12(3,4)11-10-8-6-7-9(10)2/h6-7H,5,8H2,1-4H3. The summed E-state index contributed by atoms with van der Waals surface area (Å²) in [7, 11) is -1.38. The summed E-state index contributed by atoms with van der Waals surface area (Å²) in [6.07, 6.45) is 5.32. The number of allylic oxidation sites excluding steroid dienone is 3. The SMILES string of the molecule is CC[Si](C)(C)OC1=C(C)C=CC1. The Bertz CT molecular complexity index is 226. The Hall–Kier alpha value is -0.503. The summed E-state index contributed by atoms with van der Waals surface area (Å²) in [4.78, 5) is 0. The van der Waals surface area contributed by atoms with Crippen LogP contribution < -0.4 is 0 Å². The van der Waals surface area contributed by atoms with Crippen LogP contribution in [0, 0.1) is 0 Å². The molecule has 0 spiro atoms. The molecule has 0 saturated carbocycles. The van der Waals surface area contributed by atoms with Crippen molar-refractivity contribution >= 4 is 8.32 Å². The maximum absolute atomic E-state index is 6.02. The predicted molar refractivity (Wildman–Crippen MR) is 55.5 cm³/mol. The fourth-order valence-corrected chi connectivity index (χ4v) is 2.18. The first-order chi connectivity index (χ1) is 5.55. The van der Waals surface area contributed by atoms with Gasteiger partial charge in [0.2, 0.25) is 8.32 Å². The van der Waals surface area contributed by atoms with Gasteiger partial charge in [-0.15, -0.1) is 0 Å². The fraction of sp³-hybridized carbons (Fsp3) is 0.600. The van der Waals surface area contributed by atoms with Crippen molar-refractivity contribution in [3.8, 4) is 0 Å². The molecule has 0 bridgehead atoms. The van der Waals surface area contributed by atoms with Crippen molar-refractivity contribution in [2.75, 3.05) is 0 Å². The lowest BCUT2D eigenvalue weighted by Gasteiger charge is -2.24. The summed E-state index contributed by atoms with van der Waals surface area (Å²) in [6.45, 7) is 8.88. The first kappa shape index (κ1) is 9.58. The Labute approximate surface area is 76.3 Å². The fourth-order valence-electron chi connectivity index (χ4n) is 1.12. The summed E-state index contributed by atoms with van der Waals surface area (Å²) >= 11 is 0. The molecule has 0 saturated heterocycles. The van der Waals surface area contributed by atoms with Gasteiger partial charge in [0, 0.05) is 6.42 Å². The molecule has 1 nitrogen and oxygen atoms in total. The van der Waals surface area contributed by atoms with Crippen LogP contribution in [0.1, 0.15) is 20.3 Å². The molecule has 0 amide bonds. The van der Waals surface area contributed by atoms with Gasteiger partial charge in [-0.1, -0.05) is 19.1 Å². The predicted octanol–water partition coefficient (Wildman–Crippen LogP) is 3.46. The van der Waals surface area contributed by atoms with Crippen molar-refractivity contribution in [1.29, 1.82) is 0 Å². The molecule has 0 aromatic rings. The summed E-state index contributed by atoms with van der Waals surface area (Å²) < 4.78 is 6.02. The van der Waals surface area contributed by atoms with Crippen LogP contribution in [0.25, 0.3) is 0 Å². The van der Waals surface area contributed by atoms with Crippen LogP contribution in [0.2, 0.25) is 19.1 Å². The van der Waals surface area contributed by atoms with Crippen LogP contribution in [0.3, 0.4) is 0 Å². The van der Waals surface area contributed by atoms with Crippen molar-refractivity contribution in [3.05, 3.63) is 23.5 Å². The van der Waals surface area contributed by atoms with E-state index in [2.05, 4.69) is 39.1 Å². The van der Waals surface area contributed by atoms with Crippen molar-refractivity contribution in [1.82, 2.24) is 0 Å². The van der Waals surface area contributed by atoms with Gasteiger partial charge in [-0.2, -0.15) is 0 Å². The third kappa shape index (κ3) is 2.24. The van der Waals surface area contributed by atoms with Crippen LogP contribution in [0.15, 0.2) is 23.5 Å². The van der Waals surface area contributed by atoms with Crippen LogP contribution in [0.4, 0.5) is 0 Å². The molecule has 0 heterocycles. The molecule has 0 aromatic heterocycles. The van der Waals surface area contributed by atoms with E-state index in [1.54, 1.807) is 0 Å². The van der Waals surface area contributed by atoms with E-state index in [-0.39, 0.29) is 0 Å². The van der Waals surface area contributed by atoms with Crippen molar-refractivity contribution in [2.24, 2.45) is 0 Å². The second-order valence-electron chi connectivity index (χ2n) is 3.93. The number of hydrogen-bond donors (Lipinski definition) is 0. The first-order valence-corrected chi connectivity index (χ1v) is 7.72. The zero-order valence-electron chi connectivity index (χ0n) is 8.48. The minimum atomic E-state index is -1.38. The van der Waals surface area contributed by atoms with Gasteiger partial charge < -0.3 is 4.43 Å². The third-order valence-corrected chi connectivity index (χ3v) is 4.86. The molecule has 1 rings (SSSR count).